The molecular weight excluding hydrogens is 424 g/mol. The molecule has 0 spiro atoms. The summed E-state index contributed by atoms with van der Waals surface area (Å²) in [7, 11) is 6.82. The zero-order chi connectivity index (χ0) is 23.4. The fourth-order valence-corrected chi connectivity index (χ4v) is 5.20. The van der Waals surface area contributed by atoms with Crippen LogP contribution in [0.5, 0.6) is 23.0 Å². The Bertz CT molecular complexity index is 1490. The molecule has 0 aliphatic carbocycles. The van der Waals surface area contributed by atoms with Gasteiger partial charge in [0.1, 0.15) is 23.0 Å². The summed E-state index contributed by atoms with van der Waals surface area (Å²) in [6, 6.07) is 25.2. The predicted octanol–water partition coefficient (Wildman–Crippen LogP) is 7.49. The number of methoxy groups -OCH3 is 4. The standard InChI is InChI=1S/C30H24O4/c1-31-17-5-9-21-22-10-6-19(33-3)15-27(22)30-28-16-20(34-4)8-12-24(28)23-11-7-18(32-2)14-26(23)29(30)25(21)13-17/h5-16H,1-4H3. The smallest absolute Gasteiger partial charge is 0.119 e. The molecular formula is C30H24O4. The summed E-state index contributed by atoms with van der Waals surface area (Å²) in [5.74, 6) is 3.29. The number of benzene rings is 6. The molecule has 0 N–H and O–H groups in total. The van der Waals surface area contributed by atoms with Crippen LogP contribution in [-0.2, 0) is 0 Å². The summed E-state index contributed by atoms with van der Waals surface area (Å²) in [5.41, 5.74) is 0. The van der Waals surface area contributed by atoms with Crippen molar-refractivity contribution in [3.05, 3.63) is 72.8 Å². The van der Waals surface area contributed by atoms with Gasteiger partial charge in [-0.15, -0.1) is 0 Å². The molecule has 168 valence electrons. The van der Waals surface area contributed by atoms with Crippen LogP contribution >= 0.6 is 0 Å². The first-order valence-corrected chi connectivity index (χ1v) is 11.2. The Balaban J connectivity index is 2.02. The molecule has 0 aromatic heterocycles. The van der Waals surface area contributed by atoms with E-state index < -0.39 is 0 Å². The topological polar surface area (TPSA) is 36.9 Å². The Kier molecular flexibility index (Phi) is 4.63. The highest BCUT2D eigenvalue weighted by molar-refractivity contribution is 6.39. The maximum atomic E-state index is 5.64. The van der Waals surface area contributed by atoms with Crippen molar-refractivity contribution in [1.29, 1.82) is 0 Å². The molecule has 0 saturated carbocycles. The number of hydrogen-bond acceptors (Lipinski definition) is 4. The first-order valence-electron chi connectivity index (χ1n) is 11.2. The summed E-state index contributed by atoms with van der Waals surface area (Å²) in [6.07, 6.45) is 0. The molecule has 4 heteroatoms. The number of fused-ring (bicyclic) bond motifs is 11. The molecule has 0 atom stereocenters. The SMILES string of the molecule is COc1ccc2c3ccc(OC)cc3c3c4cc(OC)ccc4c4ccc(OC)cc4c3c2c1. The van der Waals surface area contributed by atoms with Gasteiger partial charge < -0.3 is 18.9 Å². The van der Waals surface area contributed by atoms with Crippen LogP contribution < -0.4 is 18.9 Å². The lowest BCUT2D eigenvalue weighted by Crippen LogP contribution is -1.92. The molecule has 0 bridgehead atoms. The molecule has 0 fully saturated rings. The molecule has 0 saturated heterocycles. The van der Waals surface area contributed by atoms with Gasteiger partial charge >= 0.3 is 0 Å². The van der Waals surface area contributed by atoms with E-state index in [0.717, 1.165) is 76.9 Å². The van der Waals surface area contributed by atoms with Crippen molar-refractivity contribution in [1.82, 2.24) is 0 Å². The van der Waals surface area contributed by atoms with Crippen molar-refractivity contribution >= 4 is 53.9 Å². The third-order valence-electron chi connectivity index (χ3n) is 6.81. The van der Waals surface area contributed by atoms with E-state index in [0.29, 0.717) is 0 Å². The zero-order valence-corrected chi connectivity index (χ0v) is 19.6. The largest absolute Gasteiger partial charge is 0.497 e. The lowest BCUT2D eigenvalue weighted by atomic mass is 9.87. The van der Waals surface area contributed by atoms with Crippen LogP contribution in [0.2, 0.25) is 0 Å². The van der Waals surface area contributed by atoms with E-state index in [1.54, 1.807) is 28.4 Å². The first kappa shape index (κ1) is 20.4. The fourth-order valence-electron chi connectivity index (χ4n) is 5.20. The number of hydrogen-bond donors (Lipinski definition) is 0. The van der Waals surface area contributed by atoms with Crippen LogP contribution in [0.4, 0.5) is 0 Å². The number of rotatable bonds is 4. The molecule has 0 aliphatic rings. The molecule has 34 heavy (non-hydrogen) atoms. The van der Waals surface area contributed by atoms with E-state index in [1.165, 1.54) is 0 Å². The van der Waals surface area contributed by atoms with Gasteiger partial charge in [-0.05, 0) is 102 Å². The molecule has 6 rings (SSSR count). The summed E-state index contributed by atoms with van der Waals surface area (Å²) in [5, 5.41) is 11.5. The Hall–Kier alpha value is -4.18. The van der Waals surface area contributed by atoms with Gasteiger partial charge in [0.25, 0.3) is 0 Å². The van der Waals surface area contributed by atoms with Crippen LogP contribution in [-0.4, -0.2) is 28.4 Å². The minimum Gasteiger partial charge on any atom is -0.497 e. The maximum absolute atomic E-state index is 5.64. The van der Waals surface area contributed by atoms with Gasteiger partial charge in [0.05, 0.1) is 28.4 Å². The molecule has 0 aliphatic heterocycles. The molecule has 4 nitrogen and oxygen atoms in total. The molecule has 0 radical (unpaired) electrons. The van der Waals surface area contributed by atoms with Gasteiger partial charge in [-0.3, -0.25) is 0 Å². The van der Waals surface area contributed by atoms with Gasteiger partial charge in [-0.25, -0.2) is 0 Å². The highest BCUT2D eigenvalue weighted by atomic mass is 16.5. The minimum atomic E-state index is 0.823. The summed E-state index contributed by atoms with van der Waals surface area (Å²) < 4.78 is 22.5. The summed E-state index contributed by atoms with van der Waals surface area (Å²) in [6.45, 7) is 0. The van der Waals surface area contributed by atoms with E-state index >= 15 is 0 Å². The van der Waals surface area contributed by atoms with Crippen molar-refractivity contribution in [2.45, 2.75) is 0 Å². The van der Waals surface area contributed by atoms with E-state index in [1.807, 2.05) is 24.3 Å². The Morgan fingerprint density at radius 1 is 0.324 bits per heavy atom. The molecule has 6 aromatic rings. The van der Waals surface area contributed by atoms with E-state index in [4.69, 9.17) is 18.9 Å². The first-order chi connectivity index (χ1) is 16.7. The van der Waals surface area contributed by atoms with Crippen LogP contribution in [0.15, 0.2) is 72.8 Å². The summed E-state index contributed by atoms with van der Waals surface area (Å²) >= 11 is 0. The van der Waals surface area contributed by atoms with Gasteiger partial charge in [0.15, 0.2) is 0 Å². The van der Waals surface area contributed by atoms with Gasteiger partial charge in [-0.1, -0.05) is 24.3 Å². The monoisotopic (exact) mass is 448 g/mol. The second kappa shape index (κ2) is 7.70. The normalized spacial score (nSPS) is 11.5. The maximum Gasteiger partial charge on any atom is 0.119 e. The Morgan fingerprint density at radius 2 is 0.559 bits per heavy atom. The van der Waals surface area contributed by atoms with Crippen molar-refractivity contribution in [2.75, 3.05) is 28.4 Å². The highest BCUT2D eigenvalue weighted by Gasteiger charge is 2.18. The van der Waals surface area contributed by atoms with Gasteiger partial charge in [0.2, 0.25) is 0 Å². The second-order valence-corrected chi connectivity index (χ2v) is 8.40. The molecule has 0 amide bonds. The molecule has 0 heterocycles. The lowest BCUT2D eigenvalue weighted by molar-refractivity contribution is 0.415. The minimum absolute atomic E-state index is 0.823. The van der Waals surface area contributed by atoms with Crippen molar-refractivity contribution < 1.29 is 18.9 Å². The average Bonchev–Trinajstić information content (AvgIpc) is 2.91. The third kappa shape index (κ3) is 2.85. The van der Waals surface area contributed by atoms with Crippen LogP contribution in [0.3, 0.4) is 0 Å². The molecule has 6 aromatic carbocycles. The van der Waals surface area contributed by atoms with E-state index in [-0.39, 0.29) is 0 Å². The zero-order valence-electron chi connectivity index (χ0n) is 19.6. The third-order valence-corrected chi connectivity index (χ3v) is 6.81. The lowest BCUT2D eigenvalue weighted by Gasteiger charge is -2.18. The van der Waals surface area contributed by atoms with Crippen LogP contribution in [0.1, 0.15) is 0 Å². The number of ether oxygens (including phenoxy) is 4. The molecule has 0 unspecified atom stereocenters. The van der Waals surface area contributed by atoms with Crippen molar-refractivity contribution in [2.24, 2.45) is 0 Å². The van der Waals surface area contributed by atoms with Crippen LogP contribution in [0, 0.1) is 0 Å². The summed E-state index contributed by atoms with van der Waals surface area (Å²) in [4.78, 5) is 0. The average molecular weight is 449 g/mol. The van der Waals surface area contributed by atoms with E-state index in [9.17, 15) is 0 Å². The highest BCUT2D eigenvalue weighted by Crippen LogP contribution is 2.46. The quantitative estimate of drug-likeness (QED) is 0.262. The van der Waals surface area contributed by atoms with Crippen LogP contribution in [0.25, 0.3) is 53.9 Å². The van der Waals surface area contributed by atoms with Gasteiger partial charge in [0, 0.05) is 0 Å². The fraction of sp³-hybridized carbons (Fsp3) is 0.133. The van der Waals surface area contributed by atoms with Crippen molar-refractivity contribution in [3.63, 3.8) is 0 Å². The second-order valence-electron chi connectivity index (χ2n) is 8.40. The van der Waals surface area contributed by atoms with Gasteiger partial charge in [-0.2, -0.15) is 0 Å². The Labute approximate surface area is 197 Å². The Morgan fingerprint density at radius 3 is 0.765 bits per heavy atom. The van der Waals surface area contributed by atoms with E-state index in [2.05, 4.69) is 48.5 Å². The van der Waals surface area contributed by atoms with Crippen molar-refractivity contribution in [3.8, 4) is 23.0 Å². The predicted molar refractivity (Wildman–Crippen MR) is 140 cm³/mol.